The Morgan fingerprint density at radius 3 is 2.72 bits per heavy atom. The van der Waals surface area contributed by atoms with Gasteiger partial charge in [-0.2, -0.15) is 11.3 Å². The predicted molar refractivity (Wildman–Crippen MR) is 116 cm³/mol. The molecule has 2 aromatic heterocycles. The molecule has 4 rings (SSSR count). The van der Waals surface area contributed by atoms with Crippen LogP contribution in [0.2, 0.25) is 0 Å². The summed E-state index contributed by atoms with van der Waals surface area (Å²) in [4.78, 5) is 6.66. The summed E-state index contributed by atoms with van der Waals surface area (Å²) in [6.45, 7) is 5.39. The zero-order valence-electron chi connectivity index (χ0n) is 16.6. The first-order valence-corrected chi connectivity index (χ1v) is 10.9. The number of pyridine rings is 1. The van der Waals surface area contributed by atoms with Gasteiger partial charge in [0.2, 0.25) is 0 Å². The summed E-state index contributed by atoms with van der Waals surface area (Å²) in [5.74, 6) is -0.172. The molecular formula is C23H26FN3OS. The summed E-state index contributed by atoms with van der Waals surface area (Å²) in [5, 5.41) is 7.84. The van der Waals surface area contributed by atoms with E-state index in [1.54, 1.807) is 17.4 Å². The van der Waals surface area contributed by atoms with E-state index in [0.29, 0.717) is 25.4 Å². The minimum absolute atomic E-state index is 0.0761. The highest BCUT2D eigenvalue weighted by Crippen LogP contribution is 2.23. The fraction of sp³-hybridized carbons (Fsp3) is 0.348. The summed E-state index contributed by atoms with van der Waals surface area (Å²) in [7, 11) is 0. The average molecular weight is 412 g/mol. The Morgan fingerprint density at radius 1 is 1.17 bits per heavy atom. The molecule has 0 radical (unpaired) electrons. The molecular weight excluding hydrogens is 385 g/mol. The lowest BCUT2D eigenvalue weighted by Gasteiger charge is -2.29. The van der Waals surface area contributed by atoms with E-state index in [2.05, 4.69) is 39.3 Å². The first-order chi connectivity index (χ1) is 14.2. The van der Waals surface area contributed by atoms with E-state index in [9.17, 15) is 4.39 Å². The summed E-state index contributed by atoms with van der Waals surface area (Å²) in [5.41, 5.74) is 5.02. The molecule has 0 saturated carbocycles. The third-order valence-electron chi connectivity index (χ3n) is 5.23. The van der Waals surface area contributed by atoms with Crippen LogP contribution >= 0.6 is 11.3 Å². The van der Waals surface area contributed by atoms with Gasteiger partial charge in [0.1, 0.15) is 5.82 Å². The minimum atomic E-state index is -0.172. The number of morpholine rings is 1. The average Bonchev–Trinajstić information content (AvgIpc) is 3.26. The maximum Gasteiger partial charge on any atom is 0.146 e. The lowest BCUT2D eigenvalue weighted by molar-refractivity contribution is 0.122. The third-order valence-corrected chi connectivity index (χ3v) is 5.96. The Kier molecular flexibility index (Phi) is 6.54. The number of rotatable bonds is 7. The van der Waals surface area contributed by atoms with Gasteiger partial charge in [-0.3, -0.25) is 4.98 Å². The van der Waals surface area contributed by atoms with Crippen molar-refractivity contribution in [2.24, 2.45) is 0 Å². The van der Waals surface area contributed by atoms with Crippen LogP contribution in [-0.2, 0) is 17.7 Å². The lowest BCUT2D eigenvalue weighted by atomic mass is 10.0. The number of benzene rings is 1. The molecule has 6 heteroatoms. The predicted octanol–water partition coefficient (Wildman–Crippen LogP) is 4.50. The smallest absolute Gasteiger partial charge is 0.146 e. The van der Waals surface area contributed by atoms with Gasteiger partial charge in [-0.05, 0) is 65.1 Å². The fourth-order valence-electron chi connectivity index (χ4n) is 3.57. The van der Waals surface area contributed by atoms with Crippen molar-refractivity contribution in [1.29, 1.82) is 0 Å². The number of thiophene rings is 1. The number of anilines is 1. The largest absolute Gasteiger partial charge is 0.378 e. The summed E-state index contributed by atoms with van der Waals surface area (Å²) in [6, 6.07) is 11.9. The van der Waals surface area contributed by atoms with Crippen molar-refractivity contribution in [3.63, 3.8) is 0 Å². The second-order valence-corrected chi connectivity index (χ2v) is 8.19. The molecule has 4 nitrogen and oxygen atoms in total. The van der Waals surface area contributed by atoms with Gasteiger partial charge in [-0.15, -0.1) is 0 Å². The molecule has 1 N–H and O–H groups in total. The number of nitrogens with zero attached hydrogens (tertiary/aromatic N) is 2. The van der Waals surface area contributed by atoms with E-state index in [1.165, 1.54) is 5.56 Å². The second-order valence-electron chi connectivity index (χ2n) is 7.41. The maximum atomic E-state index is 14.7. The molecule has 29 heavy (non-hydrogen) atoms. The Morgan fingerprint density at radius 2 is 2.03 bits per heavy atom. The van der Waals surface area contributed by atoms with E-state index in [1.807, 2.05) is 30.2 Å². The molecule has 1 saturated heterocycles. The van der Waals surface area contributed by atoms with Crippen LogP contribution in [0, 0.1) is 12.7 Å². The van der Waals surface area contributed by atoms with Crippen LogP contribution in [0.25, 0.3) is 0 Å². The molecule has 1 aliphatic rings. The zero-order valence-corrected chi connectivity index (χ0v) is 17.4. The Balaban J connectivity index is 1.46. The molecule has 3 aromatic rings. The third kappa shape index (κ3) is 5.21. The van der Waals surface area contributed by atoms with Gasteiger partial charge in [0.25, 0.3) is 0 Å². The van der Waals surface area contributed by atoms with Gasteiger partial charge in [-0.25, -0.2) is 4.39 Å². The molecule has 1 aromatic carbocycles. The number of halogens is 1. The van der Waals surface area contributed by atoms with Crippen LogP contribution in [0.5, 0.6) is 0 Å². The summed E-state index contributed by atoms with van der Waals surface area (Å²) < 4.78 is 20.1. The quantitative estimate of drug-likeness (QED) is 0.621. The zero-order chi connectivity index (χ0) is 20.1. The van der Waals surface area contributed by atoms with Gasteiger partial charge < -0.3 is 15.0 Å². The molecule has 0 bridgehead atoms. The Hall–Kier alpha value is -2.28. The first kappa shape index (κ1) is 20.0. The SMILES string of the molecule is Cc1ccc([C@@H](Cc2ccsc2)NCc2ccc(N3CCOCC3)c(F)c2)nc1. The second kappa shape index (κ2) is 9.48. The number of ether oxygens (including phenoxy) is 1. The number of hydrogen-bond donors (Lipinski definition) is 1. The van der Waals surface area contributed by atoms with Gasteiger partial charge >= 0.3 is 0 Å². The molecule has 0 amide bonds. The van der Waals surface area contributed by atoms with E-state index in [4.69, 9.17) is 4.74 Å². The van der Waals surface area contributed by atoms with Crippen molar-refractivity contribution >= 4 is 17.0 Å². The van der Waals surface area contributed by atoms with Gasteiger partial charge in [0.05, 0.1) is 30.6 Å². The van der Waals surface area contributed by atoms with Gasteiger partial charge in [0, 0.05) is 25.8 Å². The molecule has 0 spiro atoms. The molecule has 0 unspecified atom stereocenters. The molecule has 3 heterocycles. The van der Waals surface area contributed by atoms with Crippen LogP contribution < -0.4 is 10.2 Å². The van der Waals surface area contributed by atoms with Crippen LogP contribution in [0.1, 0.15) is 28.4 Å². The number of aryl methyl sites for hydroxylation is 1. The topological polar surface area (TPSA) is 37.4 Å². The van der Waals surface area contributed by atoms with Gasteiger partial charge in [0.15, 0.2) is 0 Å². The fourth-order valence-corrected chi connectivity index (χ4v) is 4.25. The van der Waals surface area contributed by atoms with Crippen molar-refractivity contribution in [1.82, 2.24) is 10.3 Å². The number of hydrogen-bond acceptors (Lipinski definition) is 5. The first-order valence-electron chi connectivity index (χ1n) is 9.97. The lowest BCUT2D eigenvalue weighted by Crippen LogP contribution is -2.36. The number of aromatic nitrogens is 1. The molecule has 1 atom stereocenters. The van der Waals surface area contributed by atoms with Crippen molar-refractivity contribution in [2.45, 2.75) is 25.9 Å². The maximum absolute atomic E-state index is 14.7. The van der Waals surface area contributed by atoms with Crippen molar-refractivity contribution in [2.75, 3.05) is 31.2 Å². The normalized spacial score (nSPS) is 15.4. The monoisotopic (exact) mass is 411 g/mol. The Labute approximate surface area is 175 Å². The summed E-state index contributed by atoms with van der Waals surface area (Å²) >= 11 is 1.70. The molecule has 152 valence electrons. The van der Waals surface area contributed by atoms with Crippen molar-refractivity contribution in [3.05, 3.63) is 81.6 Å². The highest BCUT2D eigenvalue weighted by Gasteiger charge is 2.17. The van der Waals surface area contributed by atoms with E-state index in [0.717, 1.165) is 36.3 Å². The Bertz CT molecular complexity index is 908. The van der Waals surface area contributed by atoms with Gasteiger partial charge in [-0.1, -0.05) is 12.1 Å². The van der Waals surface area contributed by atoms with E-state index >= 15 is 0 Å². The highest BCUT2D eigenvalue weighted by molar-refractivity contribution is 7.07. The number of nitrogens with one attached hydrogen (secondary N) is 1. The van der Waals surface area contributed by atoms with E-state index < -0.39 is 0 Å². The molecule has 0 aliphatic carbocycles. The highest BCUT2D eigenvalue weighted by atomic mass is 32.1. The van der Waals surface area contributed by atoms with Crippen molar-refractivity contribution in [3.8, 4) is 0 Å². The molecule has 1 aliphatic heterocycles. The van der Waals surface area contributed by atoms with Crippen LogP contribution in [0.15, 0.2) is 53.4 Å². The van der Waals surface area contributed by atoms with E-state index in [-0.39, 0.29) is 11.9 Å². The van der Waals surface area contributed by atoms with Crippen LogP contribution in [-0.4, -0.2) is 31.3 Å². The minimum Gasteiger partial charge on any atom is -0.378 e. The van der Waals surface area contributed by atoms with Crippen LogP contribution in [0.3, 0.4) is 0 Å². The molecule has 1 fully saturated rings. The standard InChI is InChI=1S/C23H26FN3OS/c1-17-2-4-21(25-14-17)22(13-19-6-11-29-16-19)26-15-18-3-5-23(20(24)12-18)27-7-9-28-10-8-27/h2-6,11-12,14,16,22,26H,7-10,13,15H2,1H3/t22-/m1/s1. The summed E-state index contributed by atoms with van der Waals surface area (Å²) in [6.07, 6.45) is 2.75. The van der Waals surface area contributed by atoms with Crippen LogP contribution in [0.4, 0.5) is 10.1 Å². The van der Waals surface area contributed by atoms with Crippen molar-refractivity contribution < 1.29 is 9.13 Å².